The lowest BCUT2D eigenvalue weighted by atomic mass is 9.81. The molecule has 0 amide bonds. The number of nitrogens with zero attached hydrogens (tertiary/aromatic N) is 5. The van der Waals surface area contributed by atoms with Crippen LogP contribution in [0.25, 0.3) is 27.8 Å². The van der Waals surface area contributed by atoms with Gasteiger partial charge in [-0.05, 0) is 34.5 Å². The number of pyridine rings is 1. The molecule has 33 heavy (non-hydrogen) atoms. The van der Waals surface area contributed by atoms with Crippen molar-refractivity contribution in [2.45, 2.75) is 5.92 Å². The number of hydrogen-bond donors (Lipinski definition) is 0. The van der Waals surface area contributed by atoms with Crippen LogP contribution in [0.15, 0.2) is 97.6 Å². The average molecular weight is 427 g/mol. The molecule has 1 unspecified atom stereocenters. The van der Waals surface area contributed by atoms with Gasteiger partial charge in [-0.1, -0.05) is 60.7 Å². The second-order valence-corrected chi connectivity index (χ2v) is 8.05. The SMILES string of the molecule is c1ccc(C2c3c(ccc4ccccc34)Oc3ncn4nc(-c5ccncc5)nc4c32)cc1. The van der Waals surface area contributed by atoms with E-state index in [1.807, 2.05) is 24.3 Å². The van der Waals surface area contributed by atoms with E-state index in [0.717, 1.165) is 39.0 Å². The van der Waals surface area contributed by atoms with Crippen LogP contribution in [0.5, 0.6) is 11.6 Å². The number of rotatable bonds is 2. The van der Waals surface area contributed by atoms with Gasteiger partial charge < -0.3 is 4.74 Å². The van der Waals surface area contributed by atoms with E-state index in [9.17, 15) is 0 Å². The summed E-state index contributed by atoms with van der Waals surface area (Å²) in [5, 5.41) is 7.02. The topological polar surface area (TPSA) is 65.2 Å². The van der Waals surface area contributed by atoms with Crippen LogP contribution in [0.1, 0.15) is 22.6 Å². The van der Waals surface area contributed by atoms with Crippen molar-refractivity contribution < 1.29 is 4.74 Å². The van der Waals surface area contributed by atoms with E-state index in [0.29, 0.717) is 11.7 Å². The molecule has 1 aliphatic heterocycles. The molecular formula is C27H17N5O. The maximum Gasteiger partial charge on any atom is 0.228 e. The molecule has 3 aromatic carbocycles. The molecule has 0 bridgehead atoms. The molecule has 1 aliphatic rings. The van der Waals surface area contributed by atoms with E-state index in [4.69, 9.17) is 14.8 Å². The van der Waals surface area contributed by atoms with Gasteiger partial charge in [0.1, 0.15) is 12.1 Å². The Bertz CT molecular complexity index is 1640. The smallest absolute Gasteiger partial charge is 0.228 e. The highest BCUT2D eigenvalue weighted by Gasteiger charge is 2.34. The molecule has 0 spiro atoms. The third-order valence-electron chi connectivity index (χ3n) is 6.17. The van der Waals surface area contributed by atoms with Gasteiger partial charge >= 0.3 is 0 Å². The van der Waals surface area contributed by atoms with E-state index in [2.05, 4.69) is 64.6 Å². The lowest BCUT2D eigenvalue weighted by molar-refractivity contribution is 0.433. The van der Waals surface area contributed by atoms with E-state index >= 15 is 0 Å². The minimum absolute atomic E-state index is 0.0956. The molecule has 1 atom stereocenters. The zero-order chi connectivity index (χ0) is 21.8. The van der Waals surface area contributed by atoms with Crippen molar-refractivity contribution in [2.24, 2.45) is 0 Å². The van der Waals surface area contributed by atoms with E-state index in [1.165, 1.54) is 5.39 Å². The molecule has 0 saturated heterocycles. The summed E-state index contributed by atoms with van der Waals surface area (Å²) >= 11 is 0. The maximum absolute atomic E-state index is 6.36. The molecule has 6 heteroatoms. The Balaban J connectivity index is 1.55. The fourth-order valence-electron chi connectivity index (χ4n) is 4.71. The summed E-state index contributed by atoms with van der Waals surface area (Å²) in [6.07, 6.45) is 5.15. The first-order valence-corrected chi connectivity index (χ1v) is 10.8. The minimum atomic E-state index is -0.0956. The fourth-order valence-corrected chi connectivity index (χ4v) is 4.71. The van der Waals surface area contributed by atoms with Crippen molar-refractivity contribution >= 4 is 16.4 Å². The first kappa shape index (κ1) is 18.0. The lowest BCUT2D eigenvalue weighted by Gasteiger charge is -2.29. The molecule has 0 fully saturated rings. The van der Waals surface area contributed by atoms with Crippen molar-refractivity contribution in [1.29, 1.82) is 0 Å². The largest absolute Gasteiger partial charge is 0.438 e. The lowest BCUT2D eigenvalue weighted by Crippen LogP contribution is -2.15. The summed E-state index contributed by atoms with van der Waals surface area (Å²) in [6.45, 7) is 0. The number of benzene rings is 3. The number of hydrogen-bond acceptors (Lipinski definition) is 5. The van der Waals surface area contributed by atoms with Crippen LogP contribution < -0.4 is 4.74 Å². The minimum Gasteiger partial charge on any atom is -0.438 e. The van der Waals surface area contributed by atoms with Crippen LogP contribution in [0.4, 0.5) is 0 Å². The van der Waals surface area contributed by atoms with Gasteiger partial charge in [0.2, 0.25) is 5.88 Å². The highest BCUT2D eigenvalue weighted by Crippen LogP contribution is 2.50. The van der Waals surface area contributed by atoms with E-state index in [1.54, 1.807) is 23.2 Å². The molecule has 7 rings (SSSR count). The predicted molar refractivity (Wildman–Crippen MR) is 125 cm³/mol. The van der Waals surface area contributed by atoms with Crippen molar-refractivity contribution in [3.05, 3.63) is 114 Å². The Morgan fingerprint density at radius 1 is 0.788 bits per heavy atom. The summed E-state index contributed by atoms with van der Waals surface area (Å²) < 4.78 is 8.10. The Kier molecular flexibility index (Phi) is 3.81. The molecular weight excluding hydrogens is 410 g/mol. The van der Waals surface area contributed by atoms with Gasteiger partial charge in [0.05, 0.1) is 5.56 Å². The second-order valence-electron chi connectivity index (χ2n) is 8.05. The number of fused-ring (bicyclic) bond motifs is 6. The highest BCUT2D eigenvalue weighted by atomic mass is 16.5. The predicted octanol–water partition coefficient (Wildman–Crippen LogP) is 5.63. The molecule has 3 aromatic heterocycles. The van der Waals surface area contributed by atoms with Crippen molar-refractivity contribution in [3.63, 3.8) is 0 Å². The van der Waals surface area contributed by atoms with Gasteiger partial charge in [-0.25, -0.2) is 14.5 Å². The molecule has 0 N–H and O–H groups in total. The normalized spacial score (nSPS) is 14.6. The zero-order valence-corrected chi connectivity index (χ0v) is 17.5. The van der Waals surface area contributed by atoms with Gasteiger partial charge in [0.25, 0.3) is 0 Å². The molecule has 0 radical (unpaired) electrons. The fraction of sp³-hybridized carbons (Fsp3) is 0.0370. The third-order valence-corrected chi connectivity index (χ3v) is 6.17. The maximum atomic E-state index is 6.36. The van der Waals surface area contributed by atoms with E-state index < -0.39 is 0 Å². The number of ether oxygens (including phenoxy) is 1. The summed E-state index contributed by atoms with van der Waals surface area (Å²) in [6, 6.07) is 26.8. The van der Waals surface area contributed by atoms with Crippen LogP contribution in [-0.4, -0.2) is 24.6 Å². The zero-order valence-electron chi connectivity index (χ0n) is 17.5. The molecule has 6 nitrogen and oxygen atoms in total. The molecule has 0 aliphatic carbocycles. The quantitative estimate of drug-likeness (QED) is 0.358. The van der Waals surface area contributed by atoms with Crippen molar-refractivity contribution in [2.75, 3.05) is 0 Å². The first-order valence-electron chi connectivity index (χ1n) is 10.8. The van der Waals surface area contributed by atoms with Gasteiger partial charge in [0.15, 0.2) is 11.5 Å². The Morgan fingerprint density at radius 3 is 2.48 bits per heavy atom. The summed E-state index contributed by atoms with van der Waals surface area (Å²) in [5.74, 6) is 1.92. The van der Waals surface area contributed by atoms with Crippen LogP contribution in [0.3, 0.4) is 0 Å². The van der Waals surface area contributed by atoms with Gasteiger partial charge in [0, 0.05) is 29.4 Å². The number of aromatic nitrogens is 5. The molecule has 156 valence electrons. The molecule has 4 heterocycles. The summed E-state index contributed by atoms with van der Waals surface area (Å²) in [5.41, 5.74) is 4.83. The monoisotopic (exact) mass is 427 g/mol. The summed E-state index contributed by atoms with van der Waals surface area (Å²) in [7, 11) is 0. The Morgan fingerprint density at radius 2 is 1.61 bits per heavy atom. The second kappa shape index (κ2) is 6.97. The molecule has 0 saturated carbocycles. The van der Waals surface area contributed by atoms with Crippen LogP contribution >= 0.6 is 0 Å². The van der Waals surface area contributed by atoms with Gasteiger partial charge in [-0.3, -0.25) is 4.98 Å². The van der Waals surface area contributed by atoms with Crippen LogP contribution in [0, 0.1) is 0 Å². The Labute approximate surface area is 189 Å². The van der Waals surface area contributed by atoms with Crippen molar-refractivity contribution in [3.8, 4) is 23.0 Å². The van der Waals surface area contributed by atoms with Gasteiger partial charge in [-0.2, -0.15) is 0 Å². The van der Waals surface area contributed by atoms with Crippen LogP contribution in [-0.2, 0) is 0 Å². The standard InChI is InChI=1S/C27H17N5O/c1-2-7-18(8-3-1)22-23-20-9-5-4-6-17(20)10-11-21(23)33-27-24(22)26-30-25(31-32(26)16-29-27)19-12-14-28-15-13-19/h1-16,22H. The van der Waals surface area contributed by atoms with Gasteiger partial charge in [-0.15, -0.1) is 5.10 Å². The van der Waals surface area contributed by atoms with Crippen molar-refractivity contribution in [1.82, 2.24) is 24.6 Å². The Hall–Kier alpha value is -4.58. The molecule has 6 aromatic rings. The summed E-state index contributed by atoms with van der Waals surface area (Å²) in [4.78, 5) is 13.7. The first-order chi connectivity index (χ1) is 16.4. The third kappa shape index (κ3) is 2.74. The van der Waals surface area contributed by atoms with E-state index in [-0.39, 0.29) is 5.92 Å². The average Bonchev–Trinajstić information content (AvgIpc) is 3.33. The highest BCUT2D eigenvalue weighted by molar-refractivity contribution is 5.90. The van der Waals surface area contributed by atoms with Crippen LogP contribution in [0.2, 0.25) is 0 Å².